The first kappa shape index (κ1) is 22.5. The van der Waals surface area contributed by atoms with Crippen LogP contribution >= 0.6 is 0 Å². The molecule has 0 fully saturated rings. The van der Waals surface area contributed by atoms with Gasteiger partial charge in [0.25, 0.3) is 0 Å². The molecule has 0 N–H and O–H groups in total. The van der Waals surface area contributed by atoms with Crippen molar-refractivity contribution in [1.82, 2.24) is 0 Å². The largest absolute Gasteiger partial charge is 0.496 e. The molecule has 2 aromatic rings. The van der Waals surface area contributed by atoms with Gasteiger partial charge in [0.15, 0.2) is 19.4 Å². The van der Waals surface area contributed by atoms with Crippen LogP contribution in [0.15, 0.2) is 42.5 Å². The molecule has 0 aliphatic carbocycles. The number of ketones is 1. The molecule has 6 heteroatoms. The number of rotatable bonds is 12. The fraction of sp³-hybridized carbons (Fsp3) is 0.348. The van der Waals surface area contributed by atoms with Gasteiger partial charge in [-0.05, 0) is 54.5 Å². The molecule has 0 aliphatic rings. The van der Waals surface area contributed by atoms with E-state index in [-0.39, 0.29) is 19.4 Å². The van der Waals surface area contributed by atoms with Crippen molar-refractivity contribution in [3.05, 3.63) is 59.2 Å². The molecule has 29 heavy (non-hydrogen) atoms. The first-order chi connectivity index (χ1) is 14.1. The minimum atomic E-state index is -0.109. The number of hydrogen-bond acceptors (Lipinski definition) is 6. The number of carbonyl (C=O) groups excluding carboxylic acids is 1. The van der Waals surface area contributed by atoms with E-state index < -0.39 is 0 Å². The van der Waals surface area contributed by atoms with Crippen LogP contribution in [0.5, 0.6) is 17.2 Å². The second-order valence-electron chi connectivity index (χ2n) is 6.28. The summed E-state index contributed by atoms with van der Waals surface area (Å²) in [5.41, 5.74) is 2.42. The van der Waals surface area contributed by atoms with Gasteiger partial charge >= 0.3 is 0 Å². The van der Waals surface area contributed by atoms with Crippen LogP contribution in [0.3, 0.4) is 0 Å². The Kier molecular flexibility index (Phi) is 9.21. The summed E-state index contributed by atoms with van der Waals surface area (Å²) in [6.45, 7) is 2.43. The maximum atomic E-state index is 12.5. The summed E-state index contributed by atoms with van der Waals surface area (Å²) in [5.74, 6) is 1.89. The molecular weight excluding hydrogens is 372 g/mol. The molecule has 0 amide bonds. The van der Waals surface area contributed by atoms with Gasteiger partial charge in [-0.3, -0.25) is 4.79 Å². The molecule has 156 valence electrons. The van der Waals surface area contributed by atoms with E-state index in [4.69, 9.17) is 23.7 Å². The van der Waals surface area contributed by atoms with Crippen LogP contribution in [0.25, 0.3) is 6.08 Å². The minimum Gasteiger partial charge on any atom is -0.496 e. The molecule has 0 unspecified atom stereocenters. The topological polar surface area (TPSA) is 63.2 Å². The first-order valence-electron chi connectivity index (χ1n) is 9.39. The summed E-state index contributed by atoms with van der Waals surface area (Å²) in [6, 6.07) is 10.7. The number of carbonyl (C=O) groups is 1. The highest BCUT2D eigenvalue weighted by Crippen LogP contribution is 2.31. The van der Waals surface area contributed by atoms with E-state index in [2.05, 4.69) is 6.92 Å². The molecule has 0 aliphatic heterocycles. The smallest absolute Gasteiger partial charge is 0.188 e. The summed E-state index contributed by atoms with van der Waals surface area (Å²) >= 11 is 0. The molecule has 0 saturated heterocycles. The second kappa shape index (κ2) is 11.9. The molecule has 0 radical (unpaired) electrons. The van der Waals surface area contributed by atoms with Crippen LogP contribution in [-0.4, -0.2) is 40.7 Å². The summed E-state index contributed by atoms with van der Waals surface area (Å²) in [6.07, 6.45) is 5.11. The Balaban J connectivity index is 2.21. The van der Waals surface area contributed by atoms with Crippen molar-refractivity contribution < 1.29 is 28.5 Å². The van der Waals surface area contributed by atoms with Crippen molar-refractivity contribution in [1.29, 1.82) is 0 Å². The van der Waals surface area contributed by atoms with Crippen molar-refractivity contribution >= 4 is 11.9 Å². The molecule has 6 nitrogen and oxygen atoms in total. The lowest BCUT2D eigenvalue weighted by atomic mass is 10.0. The van der Waals surface area contributed by atoms with Gasteiger partial charge < -0.3 is 23.7 Å². The third-order valence-electron chi connectivity index (χ3n) is 4.16. The van der Waals surface area contributed by atoms with Gasteiger partial charge in [-0.2, -0.15) is 0 Å². The molecule has 0 atom stereocenters. The molecule has 0 heterocycles. The van der Waals surface area contributed by atoms with Crippen molar-refractivity contribution in [2.75, 3.05) is 34.9 Å². The highest BCUT2D eigenvalue weighted by atomic mass is 16.7. The molecule has 2 rings (SSSR count). The number of ether oxygens (including phenoxy) is 5. The van der Waals surface area contributed by atoms with Gasteiger partial charge in [0.1, 0.15) is 17.2 Å². The standard InChI is InChI=1S/C23H28O6/c1-5-6-18-13-19(22(27-4)14-23(18)29-16-26-3)9-12-21(24)17-7-10-20(11-8-17)28-15-25-2/h7-14H,5-6,15-16H2,1-4H3. The highest BCUT2D eigenvalue weighted by Gasteiger charge is 2.11. The normalized spacial score (nSPS) is 10.9. The SMILES string of the molecule is CCCc1cc(C=CC(=O)c2ccc(OCOC)cc2)c(OC)cc1OCOC. The Hall–Kier alpha value is -2.83. The van der Waals surface area contributed by atoms with Gasteiger partial charge in [-0.1, -0.05) is 13.3 Å². The summed E-state index contributed by atoms with van der Waals surface area (Å²) in [4.78, 5) is 12.5. The van der Waals surface area contributed by atoms with Gasteiger partial charge in [0.2, 0.25) is 0 Å². The van der Waals surface area contributed by atoms with Crippen LogP contribution in [-0.2, 0) is 15.9 Å². The van der Waals surface area contributed by atoms with E-state index in [0.717, 1.165) is 29.7 Å². The predicted molar refractivity (Wildman–Crippen MR) is 112 cm³/mol. The van der Waals surface area contributed by atoms with Crippen LogP contribution in [0, 0.1) is 0 Å². The zero-order valence-electron chi connectivity index (χ0n) is 17.4. The Bertz CT molecular complexity index is 811. The van der Waals surface area contributed by atoms with E-state index in [1.807, 2.05) is 12.1 Å². The Labute approximate surface area is 172 Å². The fourth-order valence-electron chi connectivity index (χ4n) is 2.76. The molecule has 0 spiro atoms. The lowest BCUT2D eigenvalue weighted by molar-refractivity contribution is 0.0502. The monoisotopic (exact) mass is 400 g/mol. The third kappa shape index (κ3) is 6.62. The Morgan fingerprint density at radius 3 is 2.24 bits per heavy atom. The van der Waals surface area contributed by atoms with Crippen molar-refractivity contribution in [2.45, 2.75) is 19.8 Å². The lowest BCUT2D eigenvalue weighted by Crippen LogP contribution is -2.03. The number of hydrogen-bond donors (Lipinski definition) is 0. The minimum absolute atomic E-state index is 0.109. The summed E-state index contributed by atoms with van der Waals surface area (Å²) in [7, 11) is 4.72. The zero-order chi connectivity index (χ0) is 21.1. The van der Waals surface area contributed by atoms with E-state index in [9.17, 15) is 4.79 Å². The Morgan fingerprint density at radius 1 is 0.931 bits per heavy atom. The van der Waals surface area contributed by atoms with Gasteiger partial charge in [-0.15, -0.1) is 0 Å². The maximum absolute atomic E-state index is 12.5. The van der Waals surface area contributed by atoms with Crippen LogP contribution < -0.4 is 14.2 Å². The fourth-order valence-corrected chi connectivity index (χ4v) is 2.76. The number of benzene rings is 2. The zero-order valence-corrected chi connectivity index (χ0v) is 17.4. The van der Waals surface area contributed by atoms with Crippen molar-refractivity contribution in [3.63, 3.8) is 0 Å². The van der Waals surface area contributed by atoms with Gasteiger partial charge in [-0.25, -0.2) is 0 Å². The van der Waals surface area contributed by atoms with E-state index in [1.54, 1.807) is 51.7 Å². The summed E-state index contributed by atoms with van der Waals surface area (Å²) < 4.78 is 26.3. The average molecular weight is 400 g/mol. The Morgan fingerprint density at radius 2 is 1.62 bits per heavy atom. The van der Waals surface area contributed by atoms with E-state index >= 15 is 0 Å². The molecule has 0 aromatic heterocycles. The van der Waals surface area contributed by atoms with Gasteiger partial charge in [0.05, 0.1) is 7.11 Å². The quantitative estimate of drug-likeness (QED) is 0.297. The number of methoxy groups -OCH3 is 3. The number of aryl methyl sites for hydroxylation is 1. The average Bonchev–Trinajstić information content (AvgIpc) is 2.75. The number of allylic oxidation sites excluding steroid dienone is 1. The molecule has 0 bridgehead atoms. The van der Waals surface area contributed by atoms with Crippen molar-refractivity contribution in [2.24, 2.45) is 0 Å². The maximum Gasteiger partial charge on any atom is 0.188 e. The van der Waals surface area contributed by atoms with E-state index in [1.165, 1.54) is 6.08 Å². The second-order valence-corrected chi connectivity index (χ2v) is 6.28. The predicted octanol–water partition coefficient (Wildman–Crippen LogP) is 4.51. The van der Waals surface area contributed by atoms with Gasteiger partial charge in [0, 0.05) is 31.4 Å². The lowest BCUT2D eigenvalue weighted by Gasteiger charge is -2.14. The third-order valence-corrected chi connectivity index (χ3v) is 4.16. The molecular formula is C23H28O6. The highest BCUT2D eigenvalue weighted by molar-refractivity contribution is 6.07. The van der Waals surface area contributed by atoms with Crippen molar-refractivity contribution in [3.8, 4) is 17.2 Å². The van der Waals surface area contributed by atoms with Crippen LogP contribution in [0.4, 0.5) is 0 Å². The van der Waals surface area contributed by atoms with Crippen LogP contribution in [0.1, 0.15) is 34.8 Å². The molecule has 2 aromatic carbocycles. The molecule has 0 saturated carbocycles. The van der Waals surface area contributed by atoms with Crippen LogP contribution in [0.2, 0.25) is 0 Å². The van der Waals surface area contributed by atoms with E-state index in [0.29, 0.717) is 17.1 Å². The first-order valence-corrected chi connectivity index (χ1v) is 9.39. The summed E-state index contributed by atoms with van der Waals surface area (Å²) in [5, 5.41) is 0.